The second kappa shape index (κ2) is 5.05. The molecule has 7 heteroatoms. The van der Waals surface area contributed by atoms with Gasteiger partial charge in [-0.05, 0) is 13.8 Å². The molecule has 0 aliphatic heterocycles. The van der Waals surface area contributed by atoms with Gasteiger partial charge in [0, 0.05) is 0 Å². The number of aliphatic carboxylic acids is 1. The molecule has 0 aromatic rings. The summed E-state index contributed by atoms with van der Waals surface area (Å²) >= 11 is 0. The minimum atomic E-state index is -1.34. The Morgan fingerprint density at radius 3 is 1.86 bits per heavy atom. The van der Waals surface area contributed by atoms with Crippen LogP contribution < -0.4 is 10.6 Å². The first-order chi connectivity index (χ1) is 6.34. The molecule has 2 unspecified atom stereocenters. The van der Waals surface area contributed by atoms with Crippen molar-refractivity contribution < 1.29 is 24.6 Å². The molecule has 0 saturated carbocycles. The first kappa shape index (κ1) is 12.2. The van der Waals surface area contributed by atoms with Gasteiger partial charge >= 0.3 is 12.1 Å². The molecule has 0 fully saturated rings. The number of rotatable bonds is 4. The maximum atomic E-state index is 11.1. The Morgan fingerprint density at radius 2 is 1.50 bits per heavy atom. The van der Waals surface area contributed by atoms with E-state index in [0.717, 1.165) is 0 Å². The zero-order chi connectivity index (χ0) is 11.3. The van der Waals surface area contributed by atoms with Crippen LogP contribution in [0.3, 0.4) is 0 Å². The zero-order valence-electron chi connectivity index (χ0n) is 7.77. The van der Waals surface area contributed by atoms with Crippen molar-refractivity contribution in [3.8, 4) is 0 Å². The van der Waals surface area contributed by atoms with E-state index >= 15 is 0 Å². The summed E-state index contributed by atoms with van der Waals surface area (Å²) in [6.45, 7) is 2.60. The lowest BCUT2D eigenvalue weighted by atomic mass is 10.2. The predicted octanol–water partition coefficient (Wildman–Crippen LogP) is -0.768. The van der Waals surface area contributed by atoms with E-state index in [1.807, 2.05) is 5.32 Å². The fourth-order valence-corrected chi connectivity index (χ4v) is 0.651. The quantitative estimate of drug-likeness (QED) is 0.480. The fraction of sp³-hybridized carbons (Fsp3) is 0.571. The maximum absolute atomic E-state index is 11.1. The highest BCUT2D eigenvalue weighted by Gasteiger charge is 2.19. The van der Waals surface area contributed by atoms with Gasteiger partial charge in [0.2, 0.25) is 5.91 Å². The van der Waals surface area contributed by atoms with Crippen molar-refractivity contribution in [2.75, 3.05) is 0 Å². The van der Waals surface area contributed by atoms with Crippen molar-refractivity contribution in [1.82, 2.24) is 10.6 Å². The summed E-state index contributed by atoms with van der Waals surface area (Å²) in [5, 5.41) is 20.7. The van der Waals surface area contributed by atoms with Crippen LogP contribution in [0.5, 0.6) is 0 Å². The molecule has 0 aromatic carbocycles. The van der Waals surface area contributed by atoms with Gasteiger partial charge in [0.05, 0.1) is 0 Å². The van der Waals surface area contributed by atoms with Gasteiger partial charge in [-0.3, -0.25) is 9.59 Å². The number of carboxylic acids is 1. The Hall–Kier alpha value is -1.79. The van der Waals surface area contributed by atoms with Crippen molar-refractivity contribution in [2.45, 2.75) is 25.9 Å². The predicted molar refractivity (Wildman–Crippen MR) is 45.9 cm³/mol. The molecular formula is C7H12N2O5. The highest BCUT2D eigenvalue weighted by atomic mass is 16.4. The molecule has 0 aliphatic carbocycles. The van der Waals surface area contributed by atoms with Crippen LogP contribution in [-0.2, 0) is 9.59 Å². The molecule has 80 valence electrons. The first-order valence-electron chi connectivity index (χ1n) is 3.87. The molecule has 0 saturated heterocycles. The van der Waals surface area contributed by atoms with Gasteiger partial charge in [-0.25, -0.2) is 4.79 Å². The lowest BCUT2D eigenvalue weighted by molar-refractivity contribution is -0.141. The molecule has 14 heavy (non-hydrogen) atoms. The van der Waals surface area contributed by atoms with Crippen LogP contribution >= 0.6 is 0 Å². The van der Waals surface area contributed by atoms with Crippen LogP contribution in [0.1, 0.15) is 13.8 Å². The largest absolute Gasteiger partial charge is 0.480 e. The summed E-state index contributed by atoms with van der Waals surface area (Å²) in [5.74, 6) is -1.86. The van der Waals surface area contributed by atoms with E-state index in [4.69, 9.17) is 10.2 Å². The Morgan fingerprint density at radius 1 is 1.00 bits per heavy atom. The number of carbonyl (C=O) groups excluding carboxylic acids is 1. The molecule has 2 amide bonds. The van der Waals surface area contributed by atoms with Crippen molar-refractivity contribution in [3.05, 3.63) is 0 Å². The second-order valence-electron chi connectivity index (χ2n) is 2.74. The monoisotopic (exact) mass is 204 g/mol. The number of nitrogens with one attached hydrogen (secondary N) is 2. The molecule has 0 rings (SSSR count). The van der Waals surface area contributed by atoms with Crippen LogP contribution in [0.25, 0.3) is 0 Å². The number of amides is 2. The van der Waals surface area contributed by atoms with E-state index < -0.39 is 30.1 Å². The Bertz CT molecular complexity index is 252. The average molecular weight is 204 g/mol. The molecule has 4 N–H and O–H groups in total. The standard InChI is InChI=1S/C7H12N2O5/c1-3(9-7(13)14)5(10)8-4(2)6(11)12/h3-4,9H,1-2H3,(H,8,10)(H,11,12)(H,13,14). The highest BCUT2D eigenvalue weighted by molar-refractivity contribution is 5.88. The van der Waals surface area contributed by atoms with Crippen molar-refractivity contribution in [1.29, 1.82) is 0 Å². The van der Waals surface area contributed by atoms with Crippen molar-refractivity contribution >= 4 is 18.0 Å². The Kier molecular flexibility index (Phi) is 4.41. The van der Waals surface area contributed by atoms with E-state index in [9.17, 15) is 14.4 Å². The lowest BCUT2D eigenvalue weighted by Gasteiger charge is -2.14. The van der Waals surface area contributed by atoms with Gasteiger partial charge in [-0.2, -0.15) is 0 Å². The number of hydrogen-bond acceptors (Lipinski definition) is 3. The van der Waals surface area contributed by atoms with Gasteiger partial charge in [0.15, 0.2) is 0 Å². The number of hydrogen-bond donors (Lipinski definition) is 4. The van der Waals surface area contributed by atoms with Gasteiger partial charge in [0.25, 0.3) is 0 Å². The summed E-state index contributed by atoms with van der Waals surface area (Å²) in [5.41, 5.74) is 0. The van der Waals surface area contributed by atoms with Crippen LogP contribution in [0.15, 0.2) is 0 Å². The molecule has 7 nitrogen and oxygen atoms in total. The maximum Gasteiger partial charge on any atom is 0.405 e. The molecule has 0 spiro atoms. The van der Waals surface area contributed by atoms with Gasteiger partial charge < -0.3 is 20.8 Å². The number of carboxylic acid groups (broad SMARTS) is 2. The third kappa shape index (κ3) is 4.29. The minimum Gasteiger partial charge on any atom is -0.480 e. The average Bonchev–Trinajstić information content (AvgIpc) is 2.02. The molecule has 0 aliphatic rings. The number of carbonyl (C=O) groups is 3. The summed E-state index contributed by atoms with van der Waals surface area (Å²) in [4.78, 5) is 31.5. The molecule has 2 atom stereocenters. The third-order valence-electron chi connectivity index (χ3n) is 1.46. The molecule has 0 bridgehead atoms. The zero-order valence-corrected chi connectivity index (χ0v) is 7.77. The normalized spacial score (nSPS) is 13.9. The summed E-state index contributed by atoms with van der Waals surface area (Å²) in [6, 6.07) is -2.02. The van der Waals surface area contributed by atoms with E-state index in [-0.39, 0.29) is 0 Å². The molecule has 0 aromatic heterocycles. The minimum absolute atomic E-state index is 0.678. The van der Waals surface area contributed by atoms with Crippen LogP contribution in [0.4, 0.5) is 4.79 Å². The van der Waals surface area contributed by atoms with Crippen LogP contribution in [0.2, 0.25) is 0 Å². The third-order valence-corrected chi connectivity index (χ3v) is 1.46. The molecular weight excluding hydrogens is 192 g/mol. The van der Waals surface area contributed by atoms with E-state index in [1.54, 1.807) is 0 Å². The van der Waals surface area contributed by atoms with Crippen LogP contribution in [-0.4, -0.2) is 40.3 Å². The van der Waals surface area contributed by atoms with Gasteiger partial charge in [0.1, 0.15) is 12.1 Å². The van der Waals surface area contributed by atoms with Gasteiger partial charge in [-0.1, -0.05) is 0 Å². The summed E-state index contributed by atoms with van der Waals surface area (Å²) < 4.78 is 0. The highest BCUT2D eigenvalue weighted by Crippen LogP contribution is 1.86. The molecule has 0 heterocycles. The van der Waals surface area contributed by atoms with Crippen LogP contribution in [0, 0.1) is 0 Å². The SMILES string of the molecule is CC(NC(=O)C(C)NC(=O)O)C(=O)O. The van der Waals surface area contributed by atoms with E-state index in [1.165, 1.54) is 13.8 Å². The first-order valence-corrected chi connectivity index (χ1v) is 3.87. The Balaban J connectivity index is 4.07. The summed E-state index contributed by atoms with van der Waals surface area (Å²) in [6.07, 6.45) is -1.34. The van der Waals surface area contributed by atoms with Crippen molar-refractivity contribution in [2.24, 2.45) is 0 Å². The molecule has 0 radical (unpaired) electrons. The van der Waals surface area contributed by atoms with Crippen molar-refractivity contribution in [3.63, 3.8) is 0 Å². The van der Waals surface area contributed by atoms with E-state index in [0.29, 0.717) is 0 Å². The lowest BCUT2D eigenvalue weighted by Crippen LogP contribution is -2.49. The van der Waals surface area contributed by atoms with Gasteiger partial charge in [-0.15, -0.1) is 0 Å². The smallest absolute Gasteiger partial charge is 0.405 e. The fourth-order valence-electron chi connectivity index (χ4n) is 0.651. The summed E-state index contributed by atoms with van der Waals surface area (Å²) in [7, 11) is 0. The Labute approximate surface area is 80.1 Å². The topological polar surface area (TPSA) is 116 Å². The van der Waals surface area contributed by atoms with E-state index in [2.05, 4.69) is 5.32 Å². The second-order valence-corrected chi connectivity index (χ2v) is 2.74.